The molecule has 1 aliphatic heterocycles. The van der Waals surface area contributed by atoms with Crippen LogP contribution in [0.3, 0.4) is 0 Å². The lowest BCUT2D eigenvalue weighted by molar-refractivity contribution is 0.0936. The average molecular weight is 399 g/mol. The molecule has 1 saturated heterocycles. The summed E-state index contributed by atoms with van der Waals surface area (Å²) in [5.41, 5.74) is -0.197. The van der Waals surface area contributed by atoms with E-state index in [2.05, 4.69) is 9.88 Å². The van der Waals surface area contributed by atoms with Gasteiger partial charge in [-0.05, 0) is 25.0 Å². The Balaban J connectivity index is 1.72. The maximum atomic E-state index is 12.9. The highest BCUT2D eigenvalue weighted by Crippen LogP contribution is 2.24. The van der Waals surface area contributed by atoms with Crippen molar-refractivity contribution in [1.82, 2.24) is 18.7 Å². The van der Waals surface area contributed by atoms with Gasteiger partial charge in [-0.25, -0.2) is 4.79 Å². The van der Waals surface area contributed by atoms with E-state index >= 15 is 0 Å². The molecule has 0 radical (unpaired) electrons. The topological polar surface area (TPSA) is 94.5 Å². The van der Waals surface area contributed by atoms with Gasteiger partial charge in [0.15, 0.2) is 11.2 Å². The Bertz CT molecular complexity index is 1130. The van der Waals surface area contributed by atoms with Crippen LogP contribution in [0, 0.1) is 0 Å². The molecule has 0 aliphatic carbocycles. The van der Waals surface area contributed by atoms with Crippen LogP contribution in [0.2, 0.25) is 0 Å². The highest BCUT2D eigenvalue weighted by Gasteiger charge is 2.25. The number of anilines is 1. The summed E-state index contributed by atoms with van der Waals surface area (Å²) in [5, 5.41) is 10.6. The standard InChI is InChI=1S/C20H25N5O4/c1-22-17-16(18(27)23(2)20(22)28)25(19(21-17)24-10-6-7-11-24)12-14(26)13-29-15-8-4-3-5-9-15/h3-5,8-9,14,26H,6-7,10-13H2,1-2H3/t14-/m0/s1. The number of aliphatic hydroxyl groups excluding tert-OH is 1. The summed E-state index contributed by atoms with van der Waals surface area (Å²) in [6, 6.07) is 9.26. The summed E-state index contributed by atoms with van der Waals surface area (Å²) in [4.78, 5) is 31.9. The largest absolute Gasteiger partial charge is 0.491 e. The molecule has 29 heavy (non-hydrogen) atoms. The number of benzene rings is 1. The number of imidazole rings is 1. The molecule has 0 bridgehead atoms. The van der Waals surface area contributed by atoms with Gasteiger partial charge in [-0.3, -0.25) is 13.9 Å². The van der Waals surface area contributed by atoms with E-state index < -0.39 is 17.4 Å². The van der Waals surface area contributed by atoms with Crippen molar-refractivity contribution in [1.29, 1.82) is 0 Å². The molecule has 3 aromatic rings. The van der Waals surface area contributed by atoms with Gasteiger partial charge in [0.05, 0.1) is 6.54 Å². The molecule has 1 aliphatic rings. The number of aromatic nitrogens is 4. The van der Waals surface area contributed by atoms with Crippen molar-refractivity contribution in [2.75, 3.05) is 24.6 Å². The monoisotopic (exact) mass is 399 g/mol. The van der Waals surface area contributed by atoms with Gasteiger partial charge in [0, 0.05) is 27.2 Å². The minimum atomic E-state index is -0.851. The lowest BCUT2D eigenvalue weighted by atomic mass is 10.3. The minimum Gasteiger partial charge on any atom is -0.491 e. The van der Waals surface area contributed by atoms with Crippen LogP contribution >= 0.6 is 0 Å². The summed E-state index contributed by atoms with van der Waals surface area (Å²) in [7, 11) is 3.05. The van der Waals surface area contributed by atoms with Gasteiger partial charge in [-0.2, -0.15) is 4.98 Å². The fourth-order valence-corrected chi connectivity index (χ4v) is 3.74. The molecule has 2 aromatic heterocycles. The number of para-hydroxylation sites is 1. The zero-order valence-electron chi connectivity index (χ0n) is 16.6. The van der Waals surface area contributed by atoms with Crippen molar-refractivity contribution < 1.29 is 9.84 Å². The number of fused-ring (bicyclic) bond motifs is 1. The first-order valence-corrected chi connectivity index (χ1v) is 9.74. The Kier molecular flexibility index (Phi) is 5.14. The third-order valence-electron chi connectivity index (χ3n) is 5.30. The van der Waals surface area contributed by atoms with E-state index in [4.69, 9.17) is 4.74 Å². The quantitative estimate of drug-likeness (QED) is 0.648. The highest BCUT2D eigenvalue weighted by atomic mass is 16.5. The minimum absolute atomic E-state index is 0.0786. The van der Waals surface area contributed by atoms with Crippen LogP contribution in [0.1, 0.15) is 12.8 Å². The molecule has 1 fully saturated rings. The predicted molar refractivity (Wildman–Crippen MR) is 110 cm³/mol. The Morgan fingerprint density at radius 1 is 1.10 bits per heavy atom. The summed E-state index contributed by atoms with van der Waals surface area (Å²) < 4.78 is 9.82. The third kappa shape index (κ3) is 3.53. The van der Waals surface area contributed by atoms with Gasteiger partial charge >= 0.3 is 5.69 Å². The van der Waals surface area contributed by atoms with E-state index in [-0.39, 0.29) is 13.2 Å². The second-order valence-electron chi connectivity index (χ2n) is 7.37. The van der Waals surface area contributed by atoms with E-state index in [1.54, 1.807) is 11.6 Å². The SMILES string of the molecule is Cn1c(=O)c2c(nc(N3CCCC3)n2C[C@H](O)COc2ccccc2)n(C)c1=O. The second-order valence-corrected chi connectivity index (χ2v) is 7.37. The van der Waals surface area contributed by atoms with E-state index in [0.717, 1.165) is 30.5 Å². The maximum Gasteiger partial charge on any atom is 0.332 e. The molecule has 3 heterocycles. The van der Waals surface area contributed by atoms with Crippen molar-refractivity contribution in [3.63, 3.8) is 0 Å². The van der Waals surface area contributed by atoms with Crippen LogP contribution in [-0.2, 0) is 20.6 Å². The fraction of sp³-hybridized carbons (Fsp3) is 0.450. The van der Waals surface area contributed by atoms with E-state index in [0.29, 0.717) is 22.9 Å². The normalized spacial score (nSPS) is 15.2. The van der Waals surface area contributed by atoms with Gasteiger partial charge in [0.1, 0.15) is 18.5 Å². The fourth-order valence-electron chi connectivity index (χ4n) is 3.74. The summed E-state index contributed by atoms with van der Waals surface area (Å²) in [5.74, 6) is 1.27. The van der Waals surface area contributed by atoms with Gasteiger partial charge in [-0.1, -0.05) is 18.2 Å². The third-order valence-corrected chi connectivity index (χ3v) is 5.30. The van der Waals surface area contributed by atoms with Crippen LogP contribution in [0.25, 0.3) is 11.2 Å². The van der Waals surface area contributed by atoms with E-state index in [1.807, 2.05) is 30.3 Å². The number of nitrogens with zero attached hydrogens (tertiary/aromatic N) is 5. The Morgan fingerprint density at radius 3 is 2.48 bits per heavy atom. The molecule has 9 heteroatoms. The number of hydrogen-bond donors (Lipinski definition) is 1. The van der Waals surface area contributed by atoms with Crippen LogP contribution in [-0.4, -0.2) is 49.6 Å². The molecule has 0 amide bonds. The zero-order valence-corrected chi connectivity index (χ0v) is 16.6. The lowest BCUT2D eigenvalue weighted by Gasteiger charge is -2.20. The molecule has 154 valence electrons. The Morgan fingerprint density at radius 2 is 1.79 bits per heavy atom. The Labute approximate surface area is 167 Å². The first kappa shape index (κ1) is 19.3. The van der Waals surface area contributed by atoms with Crippen molar-refractivity contribution in [3.8, 4) is 5.75 Å². The molecular weight excluding hydrogens is 374 g/mol. The molecule has 0 spiro atoms. The summed E-state index contributed by atoms with van der Waals surface area (Å²) in [6.07, 6.45) is 1.23. The summed E-state index contributed by atoms with van der Waals surface area (Å²) >= 11 is 0. The molecule has 1 N–H and O–H groups in total. The predicted octanol–water partition coefficient (Wildman–Crippen LogP) is 0.474. The molecule has 1 aromatic carbocycles. The molecule has 9 nitrogen and oxygen atoms in total. The smallest absolute Gasteiger partial charge is 0.332 e. The van der Waals surface area contributed by atoms with Crippen LogP contribution in [0.4, 0.5) is 5.95 Å². The molecule has 4 rings (SSSR count). The number of ether oxygens (including phenoxy) is 1. The second kappa shape index (κ2) is 7.75. The van der Waals surface area contributed by atoms with E-state index in [9.17, 15) is 14.7 Å². The van der Waals surface area contributed by atoms with Gasteiger partial charge in [-0.15, -0.1) is 0 Å². The van der Waals surface area contributed by atoms with Crippen LogP contribution in [0.15, 0.2) is 39.9 Å². The Hall–Kier alpha value is -3.07. The van der Waals surface area contributed by atoms with Crippen LogP contribution < -0.4 is 20.9 Å². The van der Waals surface area contributed by atoms with E-state index in [1.165, 1.54) is 11.6 Å². The van der Waals surface area contributed by atoms with Gasteiger partial charge in [0.2, 0.25) is 5.95 Å². The highest BCUT2D eigenvalue weighted by molar-refractivity contribution is 5.74. The van der Waals surface area contributed by atoms with Gasteiger partial charge in [0.25, 0.3) is 5.56 Å². The molecule has 1 atom stereocenters. The first-order chi connectivity index (χ1) is 14.0. The maximum absolute atomic E-state index is 12.9. The first-order valence-electron chi connectivity index (χ1n) is 9.74. The van der Waals surface area contributed by atoms with Crippen LogP contribution in [0.5, 0.6) is 5.75 Å². The molecule has 0 saturated carbocycles. The lowest BCUT2D eigenvalue weighted by Crippen LogP contribution is -2.38. The molecule has 0 unspecified atom stereocenters. The van der Waals surface area contributed by atoms with Crippen molar-refractivity contribution in [2.45, 2.75) is 25.5 Å². The number of hydrogen-bond acceptors (Lipinski definition) is 6. The zero-order chi connectivity index (χ0) is 20.5. The van der Waals surface area contributed by atoms with Gasteiger partial charge < -0.3 is 19.3 Å². The van der Waals surface area contributed by atoms with Crippen molar-refractivity contribution in [3.05, 3.63) is 51.2 Å². The number of aliphatic hydroxyl groups is 1. The average Bonchev–Trinajstić information content (AvgIpc) is 3.38. The van der Waals surface area contributed by atoms with Crippen molar-refractivity contribution >= 4 is 17.1 Å². The molecular formula is C20H25N5O4. The number of rotatable bonds is 6. The van der Waals surface area contributed by atoms with Crippen molar-refractivity contribution in [2.24, 2.45) is 14.1 Å². The summed E-state index contributed by atoms with van der Waals surface area (Å²) in [6.45, 7) is 1.88. The number of aryl methyl sites for hydroxylation is 1.